The van der Waals surface area contributed by atoms with Gasteiger partial charge < -0.3 is 14.7 Å². The smallest absolute Gasteiger partial charge is 0.147 e. The molecule has 0 fully saturated rings. The highest BCUT2D eigenvalue weighted by atomic mass is 16.3. The number of amidine groups is 1. The van der Waals surface area contributed by atoms with Crippen molar-refractivity contribution in [3.63, 3.8) is 0 Å². The molecule has 2 aliphatic heterocycles. The van der Waals surface area contributed by atoms with Crippen LogP contribution in [0.15, 0.2) is 155 Å². The summed E-state index contributed by atoms with van der Waals surface area (Å²) in [5, 5.41) is 13.9. The Bertz CT molecular complexity index is 2250. The Morgan fingerprint density at radius 1 is 0.957 bits per heavy atom. The Morgan fingerprint density at radius 2 is 1.81 bits per heavy atom. The number of para-hydroxylation sites is 1. The van der Waals surface area contributed by atoms with Crippen LogP contribution in [0.1, 0.15) is 41.8 Å². The van der Waals surface area contributed by atoms with Crippen molar-refractivity contribution in [3.05, 3.63) is 168 Å². The molecule has 8 rings (SSSR count). The van der Waals surface area contributed by atoms with E-state index in [1.54, 1.807) is 0 Å². The molecule has 0 bridgehead atoms. The van der Waals surface area contributed by atoms with E-state index in [0.29, 0.717) is 12.1 Å². The van der Waals surface area contributed by atoms with E-state index >= 15 is 0 Å². The van der Waals surface area contributed by atoms with E-state index in [4.69, 9.17) is 9.41 Å². The predicted octanol–water partition coefficient (Wildman–Crippen LogP) is 9.18. The highest BCUT2D eigenvalue weighted by molar-refractivity contribution is 6.08. The lowest BCUT2D eigenvalue weighted by atomic mass is 9.81. The first-order valence-electron chi connectivity index (χ1n) is 15.8. The number of anilines is 1. The molecule has 4 aromatic carbocycles. The first kappa shape index (κ1) is 28.6. The van der Waals surface area contributed by atoms with Crippen molar-refractivity contribution in [1.29, 1.82) is 5.26 Å². The van der Waals surface area contributed by atoms with Crippen molar-refractivity contribution >= 4 is 39.0 Å². The van der Waals surface area contributed by atoms with Crippen LogP contribution in [0.25, 0.3) is 27.5 Å². The fourth-order valence-electron chi connectivity index (χ4n) is 6.83. The van der Waals surface area contributed by atoms with Crippen molar-refractivity contribution in [1.82, 2.24) is 10.4 Å². The molecule has 2 atom stereocenters. The number of hydrogen-bond acceptors (Lipinski definition) is 6. The maximum absolute atomic E-state index is 9.51. The minimum absolute atomic E-state index is 0.213. The van der Waals surface area contributed by atoms with Crippen molar-refractivity contribution in [2.24, 2.45) is 10.4 Å². The number of hydrogen-bond donors (Lipinski definition) is 1. The molecule has 0 saturated carbocycles. The molecule has 0 spiro atoms. The number of fused-ring (bicyclic) bond motifs is 4. The zero-order chi connectivity index (χ0) is 32.0. The summed E-state index contributed by atoms with van der Waals surface area (Å²) in [5.41, 5.74) is 12.0. The second-order valence-corrected chi connectivity index (χ2v) is 12.6. The van der Waals surface area contributed by atoms with E-state index in [1.165, 1.54) is 5.70 Å². The summed E-state index contributed by atoms with van der Waals surface area (Å²) in [6, 6.07) is 32.8. The van der Waals surface area contributed by atoms with Crippen molar-refractivity contribution in [2.45, 2.75) is 19.5 Å². The lowest BCUT2D eigenvalue weighted by Gasteiger charge is -2.38. The summed E-state index contributed by atoms with van der Waals surface area (Å²) in [6.07, 6.45) is 15.6. The van der Waals surface area contributed by atoms with Gasteiger partial charge in [-0.1, -0.05) is 98.5 Å². The van der Waals surface area contributed by atoms with Gasteiger partial charge >= 0.3 is 0 Å². The van der Waals surface area contributed by atoms with Gasteiger partial charge in [0, 0.05) is 45.8 Å². The molecule has 1 aliphatic carbocycles. The molecule has 6 heteroatoms. The van der Waals surface area contributed by atoms with Crippen LogP contribution in [0, 0.1) is 16.7 Å². The van der Waals surface area contributed by atoms with Gasteiger partial charge in [-0.2, -0.15) is 10.3 Å². The van der Waals surface area contributed by atoms with E-state index in [9.17, 15) is 5.26 Å². The highest BCUT2D eigenvalue weighted by Crippen LogP contribution is 2.43. The van der Waals surface area contributed by atoms with E-state index in [2.05, 4.69) is 114 Å². The lowest BCUT2D eigenvalue weighted by Crippen LogP contribution is -2.44. The van der Waals surface area contributed by atoms with Crippen LogP contribution in [0.3, 0.4) is 0 Å². The maximum Gasteiger partial charge on any atom is 0.147 e. The average Bonchev–Trinajstić information content (AvgIpc) is 3.68. The molecule has 3 aliphatic rings. The number of hydrazine groups is 1. The molecule has 3 heterocycles. The third-order valence-electron chi connectivity index (χ3n) is 9.12. The monoisotopic (exact) mass is 611 g/mol. The third kappa shape index (κ3) is 5.27. The quantitative estimate of drug-likeness (QED) is 0.215. The summed E-state index contributed by atoms with van der Waals surface area (Å²) in [4.78, 5) is 7.44. The molecule has 6 nitrogen and oxygen atoms in total. The van der Waals surface area contributed by atoms with Crippen molar-refractivity contribution < 1.29 is 4.42 Å². The number of allylic oxidation sites excluding steroid dienone is 7. The van der Waals surface area contributed by atoms with Gasteiger partial charge in [-0.05, 0) is 60.0 Å². The van der Waals surface area contributed by atoms with Gasteiger partial charge in [0.05, 0.1) is 17.3 Å². The van der Waals surface area contributed by atoms with E-state index in [1.807, 2.05) is 54.6 Å². The zero-order valence-electron chi connectivity index (χ0n) is 26.1. The fourth-order valence-corrected chi connectivity index (χ4v) is 6.83. The molecule has 47 heavy (non-hydrogen) atoms. The fraction of sp³-hybridized carbons (Fsp3) is 0.122. The van der Waals surface area contributed by atoms with Crippen LogP contribution in [0.4, 0.5) is 5.69 Å². The first-order valence-corrected chi connectivity index (χ1v) is 15.8. The van der Waals surface area contributed by atoms with Crippen LogP contribution in [-0.4, -0.2) is 17.4 Å². The highest BCUT2D eigenvalue weighted by Gasteiger charge is 2.36. The topological polar surface area (TPSA) is 67.8 Å². The normalized spacial score (nSPS) is 22.2. The average molecular weight is 612 g/mol. The van der Waals surface area contributed by atoms with Crippen LogP contribution in [0.2, 0.25) is 0 Å². The van der Waals surface area contributed by atoms with Gasteiger partial charge in [-0.3, -0.25) is 0 Å². The van der Waals surface area contributed by atoms with Crippen molar-refractivity contribution in [3.8, 4) is 6.07 Å². The van der Waals surface area contributed by atoms with E-state index in [0.717, 1.165) is 62.1 Å². The first-order chi connectivity index (χ1) is 23.0. The second kappa shape index (κ2) is 11.5. The van der Waals surface area contributed by atoms with E-state index < -0.39 is 0 Å². The summed E-state index contributed by atoms with van der Waals surface area (Å²) in [6.45, 7) is 7.41. The Balaban J connectivity index is 1.13. The molecular weight excluding hydrogens is 578 g/mol. The summed E-state index contributed by atoms with van der Waals surface area (Å²) in [5.74, 6) is 0.761. The molecule has 0 amide bonds. The number of nitrogens with one attached hydrogen (secondary N) is 1. The minimum Gasteiger partial charge on any atom is -0.456 e. The van der Waals surface area contributed by atoms with Gasteiger partial charge in [0.15, 0.2) is 0 Å². The van der Waals surface area contributed by atoms with Gasteiger partial charge in [-0.15, -0.1) is 0 Å². The SMILES string of the molecule is C=C1/C=C\C=C/N(C2=CC=CC(C)(CN3NC(c4cccc(C#N)c4)=NC3c3ccccc3)C2)c2cc3c(cc21)oc1ccccc13. The number of rotatable bonds is 5. The Morgan fingerprint density at radius 3 is 2.68 bits per heavy atom. The molecule has 0 saturated heterocycles. The lowest BCUT2D eigenvalue weighted by molar-refractivity contribution is 0.133. The predicted molar refractivity (Wildman–Crippen MR) is 190 cm³/mol. The van der Waals surface area contributed by atoms with Crippen LogP contribution >= 0.6 is 0 Å². The molecule has 1 aromatic heterocycles. The minimum atomic E-state index is -0.223. The van der Waals surface area contributed by atoms with Crippen LogP contribution < -0.4 is 10.3 Å². The number of aliphatic imine (C=N–C) groups is 1. The van der Waals surface area contributed by atoms with Gasteiger partial charge in [0.1, 0.15) is 23.2 Å². The van der Waals surface area contributed by atoms with Crippen LogP contribution in [-0.2, 0) is 0 Å². The number of benzene rings is 4. The number of furan rings is 1. The largest absolute Gasteiger partial charge is 0.456 e. The molecule has 0 radical (unpaired) electrons. The van der Waals surface area contributed by atoms with Gasteiger partial charge in [0.2, 0.25) is 0 Å². The maximum atomic E-state index is 9.51. The standard InChI is InChI=1S/C41H33N5O/c1-28-12-8-9-21-45(36-23-35-33-18-6-7-19-37(33)47-38(35)24-34(28)36)32-17-11-20-41(2,25-32)27-46-40(30-14-4-3-5-15-30)43-39(44-46)31-16-10-13-29(22-31)26-42/h3-24,40H,1,25,27H2,2H3,(H,43,44)/b12-8-,21-9-. The van der Waals surface area contributed by atoms with E-state index in [-0.39, 0.29) is 11.6 Å². The Labute approximate surface area is 274 Å². The second-order valence-electron chi connectivity index (χ2n) is 12.6. The summed E-state index contributed by atoms with van der Waals surface area (Å²) in [7, 11) is 0. The molecule has 228 valence electrons. The number of nitrogens with zero attached hydrogens (tertiary/aromatic N) is 4. The van der Waals surface area contributed by atoms with Gasteiger partial charge in [-0.25, -0.2) is 4.99 Å². The van der Waals surface area contributed by atoms with Crippen LogP contribution in [0.5, 0.6) is 0 Å². The molecular formula is C41H33N5O. The van der Waals surface area contributed by atoms with Gasteiger partial charge in [0.25, 0.3) is 0 Å². The molecule has 2 unspecified atom stereocenters. The molecule has 1 N–H and O–H groups in total. The third-order valence-corrected chi connectivity index (χ3v) is 9.12. The molecule has 5 aromatic rings. The number of nitriles is 1. The Kier molecular flexibility index (Phi) is 6.97. The zero-order valence-corrected chi connectivity index (χ0v) is 26.1. The summed E-state index contributed by atoms with van der Waals surface area (Å²) >= 11 is 0. The Hall–Kier alpha value is -5.90. The summed E-state index contributed by atoms with van der Waals surface area (Å²) < 4.78 is 6.26. The van der Waals surface area contributed by atoms with Crippen molar-refractivity contribution in [2.75, 3.05) is 11.4 Å².